The minimum atomic E-state index is -0.888. The number of nitrogens with zero attached hydrogens (tertiary/aromatic N) is 1. The van der Waals surface area contributed by atoms with Gasteiger partial charge in [0.05, 0.1) is 37.2 Å². The van der Waals surface area contributed by atoms with Crippen molar-refractivity contribution in [2.45, 2.75) is 66.0 Å². The molecule has 12 heteroatoms. The molecule has 0 bridgehead atoms. The summed E-state index contributed by atoms with van der Waals surface area (Å²) < 4.78 is 0. The van der Waals surface area contributed by atoms with Gasteiger partial charge in [-0.3, -0.25) is 24.0 Å². The van der Waals surface area contributed by atoms with Crippen LogP contribution in [0.3, 0.4) is 0 Å². The molecule has 2 unspecified atom stereocenters. The van der Waals surface area contributed by atoms with E-state index in [4.69, 9.17) is 5.11 Å². The molecule has 0 aromatic heterocycles. The van der Waals surface area contributed by atoms with Crippen LogP contribution in [-0.2, 0) is 24.0 Å². The van der Waals surface area contributed by atoms with Crippen molar-refractivity contribution in [1.82, 2.24) is 21.3 Å². The molecule has 0 fully saturated rings. The highest BCUT2D eigenvalue weighted by Gasteiger charge is 2.25. The molecular weight excluding hydrogens is 486 g/mol. The van der Waals surface area contributed by atoms with Crippen LogP contribution < -0.4 is 21.3 Å². The van der Waals surface area contributed by atoms with Gasteiger partial charge in [0.1, 0.15) is 6.04 Å². The number of thioether (sulfide) groups is 1. The number of aliphatic imine (C=N–C) groups is 1. The van der Waals surface area contributed by atoms with Gasteiger partial charge in [-0.05, 0) is 18.8 Å². The van der Waals surface area contributed by atoms with E-state index in [9.17, 15) is 24.0 Å². The zero-order chi connectivity index (χ0) is 27.3. The number of ketones is 1. The van der Waals surface area contributed by atoms with E-state index in [-0.39, 0.29) is 50.2 Å². The second-order valence-electron chi connectivity index (χ2n) is 9.18. The number of aliphatic hydroxyl groups excluding tert-OH is 1. The Morgan fingerprint density at radius 3 is 2.14 bits per heavy atom. The van der Waals surface area contributed by atoms with E-state index >= 15 is 0 Å². The van der Waals surface area contributed by atoms with Gasteiger partial charge in [-0.1, -0.05) is 40.7 Å². The van der Waals surface area contributed by atoms with Crippen molar-refractivity contribution in [3.8, 4) is 0 Å². The molecule has 0 saturated heterocycles. The number of rotatable bonds is 15. The van der Waals surface area contributed by atoms with Crippen LogP contribution in [0.2, 0.25) is 0 Å². The van der Waals surface area contributed by atoms with Gasteiger partial charge in [0.25, 0.3) is 0 Å². The molecule has 36 heavy (non-hydrogen) atoms. The van der Waals surface area contributed by atoms with Crippen molar-refractivity contribution in [2.24, 2.45) is 16.8 Å². The Morgan fingerprint density at radius 1 is 0.972 bits per heavy atom. The molecule has 0 saturated carbocycles. The minimum Gasteiger partial charge on any atom is -0.389 e. The molecule has 0 aliphatic carbocycles. The van der Waals surface area contributed by atoms with Crippen molar-refractivity contribution in [3.05, 3.63) is 11.8 Å². The molecule has 1 aliphatic rings. The number of carbonyl (C=O) groups excluding carboxylic acids is 5. The van der Waals surface area contributed by atoms with Crippen molar-refractivity contribution >= 4 is 46.2 Å². The lowest BCUT2D eigenvalue weighted by Gasteiger charge is -2.22. The molecule has 0 spiro atoms. The first-order valence-corrected chi connectivity index (χ1v) is 13.1. The van der Waals surface area contributed by atoms with Crippen molar-refractivity contribution in [1.29, 1.82) is 0 Å². The van der Waals surface area contributed by atoms with Gasteiger partial charge in [-0.2, -0.15) is 0 Å². The zero-order valence-corrected chi connectivity index (χ0v) is 22.5. The lowest BCUT2D eigenvalue weighted by atomic mass is 9.94. The lowest BCUT2D eigenvalue weighted by Crippen LogP contribution is -2.52. The maximum atomic E-state index is 12.5. The van der Waals surface area contributed by atoms with Gasteiger partial charge in [0.2, 0.25) is 23.6 Å². The molecule has 2 atom stereocenters. The fourth-order valence-electron chi connectivity index (χ4n) is 3.33. The van der Waals surface area contributed by atoms with Crippen LogP contribution in [0, 0.1) is 11.8 Å². The Morgan fingerprint density at radius 2 is 1.58 bits per heavy atom. The lowest BCUT2D eigenvalue weighted by molar-refractivity contribution is -0.132. The van der Waals surface area contributed by atoms with Gasteiger partial charge in [0, 0.05) is 17.4 Å². The largest absolute Gasteiger partial charge is 0.389 e. The number of Topliss-reactive ketones (excluding diaryl/α,β-unsaturated/α-hetero) is 1. The maximum absolute atomic E-state index is 12.5. The third-order valence-corrected chi connectivity index (χ3v) is 6.09. The molecule has 0 radical (unpaired) electrons. The first-order valence-electron chi connectivity index (χ1n) is 12.1. The highest BCUT2D eigenvalue weighted by molar-refractivity contribution is 8.14. The van der Waals surface area contributed by atoms with Crippen LogP contribution in [0.4, 0.5) is 0 Å². The molecule has 1 heterocycles. The van der Waals surface area contributed by atoms with Gasteiger partial charge in [-0.15, -0.1) is 11.8 Å². The number of hydrogen-bond donors (Lipinski definition) is 5. The Hall–Kier alpha value is -2.73. The second-order valence-corrected chi connectivity index (χ2v) is 10.3. The number of carbonyl (C=O) groups is 5. The van der Waals surface area contributed by atoms with Gasteiger partial charge in [-0.25, -0.2) is 4.99 Å². The molecule has 5 N–H and O–H groups in total. The van der Waals surface area contributed by atoms with Crippen molar-refractivity contribution in [2.75, 3.05) is 25.4 Å². The van der Waals surface area contributed by atoms with E-state index in [0.717, 1.165) is 0 Å². The van der Waals surface area contributed by atoms with E-state index in [1.807, 2.05) is 13.8 Å². The van der Waals surface area contributed by atoms with Crippen molar-refractivity contribution in [3.63, 3.8) is 0 Å². The third kappa shape index (κ3) is 11.8. The molecule has 1 rings (SSSR count). The Balaban J connectivity index is 2.48. The SMILES string of the molecule is CCC(NC(=O)CNC(=O)CC1=CCSC(CO)=N1)C(=O)NCC(=O)NC(CC(C)C)C(=O)C(C)C. The Bertz CT molecular complexity index is 871. The molecule has 0 aromatic rings. The predicted molar refractivity (Wildman–Crippen MR) is 139 cm³/mol. The molecule has 0 aromatic carbocycles. The number of nitrogens with one attached hydrogen (secondary N) is 4. The monoisotopic (exact) mass is 525 g/mol. The average Bonchev–Trinajstić information content (AvgIpc) is 2.83. The fraction of sp³-hybridized carbons (Fsp3) is 0.667. The van der Waals surface area contributed by atoms with Crippen LogP contribution in [0.15, 0.2) is 16.8 Å². The second kappa shape index (κ2) is 16.1. The quantitative estimate of drug-likeness (QED) is 0.205. The molecule has 11 nitrogen and oxygen atoms in total. The van der Waals surface area contributed by atoms with Crippen LogP contribution in [0.5, 0.6) is 0 Å². The Kier molecular flexibility index (Phi) is 14.0. The highest BCUT2D eigenvalue weighted by Crippen LogP contribution is 2.17. The summed E-state index contributed by atoms with van der Waals surface area (Å²) in [6, 6.07) is -1.51. The maximum Gasteiger partial charge on any atom is 0.243 e. The molecular formula is C24H39N5O6S. The summed E-state index contributed by atoms with van der Waals surface area (Å²) in [4.78, 5) is 65.7. The third-order valence-electron chi connectivity index (χ3n) is 5.20. The average molecular weight is 526 g/mol. The van der Waals surface area contributed by atoms with Crippen molar-refractivity contribution < 1.29 is 29.1 Å². The summed E-state index contributed by atoms with van der Waals surface area (Å²) in [5.74, 6) is -1.47. The van der Waals surface area contributed by atoms with Crippen LogP contribution in [0.1, 0.15) is 53.9 Å². The van der Waals surface area contributed by atoms with Crippen LogP contribution in [-0.4, -0.2) is 77.1 Å². The summed E-state index contributed by atoms with van der Waals surface area (Å²) in [7, 11) is 0. The summed E-state index contributed by atoms with van der Waals surface area (Å²) in [5.41, 5.74) is 0.519. The van der Waals surface area contributed by atoms with Crippen LogP contribution >= 0.6 is 11.8 Å². The van der Waals surface area contributed by atoms with Gasteiger partial charge >= 0.3 is 0 Å². The number of amides is 4. The predicted octanol–water partition coefficient (Wildman–Crippen LogP) is 0.281. The first kappa shape index (κ1) is 31.3. The normalized spacial score (nSPS) is 14.9. The smallest absolute Gasteiger partial charge is 0.243 e. The fourth-order valence-corrected chi connectivity index (χ4v) is 4.07. The van der Waals surface area contributed by atoms with E-state index in [2.05, 4.69) is 26.3 Å². The molecule has 1 aliphatic heterocycles. The van der Waals surface area contributed by atoms with E-state index in [1.54, 1.807) is 26.8 Å². The van der Waals surface area contributed by atoms with E-state index in [1.165, 1.54) is 11.8 Å². The van der Waals surface area contributed by atoms with E-state index < -0.39 is 35.7 Å². The number of hydrogen-bond acceptors (Lipinski definition) is 8. The Labute approximate surface area is 216 Å². The topological polar surface area (TPSA) is 166 Å². The minimum absolute atomic E-state index is 0.0265. The summed E-state index contributed by atoms with van der Waals surface area (Å²) >= 11 is 1.39. The van der Waals surface area contributed by atoms with E-state index in [0.29, 0.717) is 22.9 Å². The highest BCUT2D eigenvalue weighted by atomic mass is 32.2. The first-order chi connectivity index (χ1) is 17.0. The number of aliphatic hydroxyl groups is 1. The zero-order valence-electron chi connectivity index (χ0n) is 21.7. The molecule has 202 valence electrons. The summed E-state index contributed by atoms with van der Waals surface area (Å²) in [6.45, 7) is 8.32. The van der Waals surface area contributed by atoms with Gasteiger partial charge in [0.15, 0.2) is 5.78 Å². The van der Waals surface area contributed by atoms with Gasteiger partial charge < -0.3 is 26.4 Å². The summed E-state index contributed by atoms with van der Waals surface area (Å²) in [6.07, 6.45) is 2.53. The van der Waals surface area contributed by atoms with Crippen LogP contribution in [0.25, 0.3) is 0 Å². The summed E-state index contributed by atoms with van der Waals surface area (Å²) in [5, 5.41) is 19.9. The standard InChI is InChI=1S/C24H39N5O6S/c1-6-17(24(35)26-12-21(33)29-18(9-14(2)3)23(34)15(4)5)28-20(32)11-25-19(31)10-16-7-8-36-22(13-30)27-16/h7,14-15,17-18,30H,6,8-13H2,1-5H3,(H,25,31)(H,26,35)(H,28,32)(H,29,33). The molecule has 4 amide bonds.